The molecule has 76 valence electrons. The summed E-state index contributed by atoms with van der Waals surface area (Å²) in [7, 11) is 1.66. The maximum atomic E-state index is 5.08. The molecule has 0 radical (unpaired) electrons. The van der Waals surface area contributed by atoms with E-state index < -0.39 is 0 Å². The molecule has 0 saturated heterocycles. The first-order chi connectivity index (χ1) is 7.38. The number of hydrogen-bond donors (Lipinski definition) is 0. The molecule has 0 N–H and O–H groups in total. The van der Waals surface area contributed by atoms with Crippen molar-refractivity contribution in [2.45, 2.75) is 0 Å². The third-order valence-electron chi connectivity index (χ3n) is 1.94. The molecule has 2 aromatic rings. The third kappa shape index (κ3) is 2.78. The third-order valence-corrected chi connectivity index (χ3v) is 3.04. The second kappa shape index (κ2) is 4.91. The van der Waals surface area contributed by atoms with Gasteiger partial charge in [-0.3, -0.25) is 0 Å². The summed E-state index contributed by atoms with van der Waals surface area (Å²) in [6, 6.07) is 7.89. The van der Waals surface area contributed by atoms with E-state index in [1.807, 2.05) is 41.4 Å². The molecule has 0 amide bonds. The van der Waals surface area contributed by atoms with Gasteiger partial charge in [-0.05, 0) is 0 Å². The number of aromatic nitrogens is 2. The fourth-order valence-electron chi connectivity index (χ4n) is 1.14. The summed E-state index contributed by atoms with van der Waals surface area (Å²) in [5, 5.41) is 3.99. The second-order valence-corrected chi connectivity index (χ2v) is 4.22. The monoisotopic (exact) mass is 266 g/mol. The fourth-order valence-corrected chi connectivity index (χ4v) is 2.03. The van der Waals surface area contributed by atoms with Crippen molar-refractivity contribution in [3.05, 3.63) is 40.5 Å². The van der Waals surface area contributed by atoms with Gasteiger partial charge in [-0.15, -0.1) is 0 Å². The first kappa shape index (κ1) is 10.1. The molecule has 2 rings (SSSR count). The van der Waals surface area contributed by atoms with Gasteiger partial charge < -0.3 is 0 Å². The summed E-state index contributed by atoms with van der Waals surface area (Å²) in [6.45, 7) is 0. The van der Waals surface area contributed by atoms with Crippen LogP contribution in [0.1, 0.15) is 11.3 Å². The van der Waals surface area contributed by atoms with E-state index in [2.05, 4.69) is 9.19 Å². The number of rotatable bonds is 3. The Morgan fingerprint density at radius 3 is 2.60 bits per heavy atom. The normalized spacial score (nSPS) is 10.7. The Bertz CT molecular complexity index is 434. The van der Waals surface area contributed by atoms with Gasteiger partial charge in [0.15, 0.2) is 0 Å². The summed E-state index contributed by atoms with van der Waals surface area (Å²) in [5.74, 6) is 0.871. The molecule has 0 saturated carbocycles. The van der Waals surface area contributed by atoms with Crippen LogP contribution >= 0.6 is 0 Å². The Labute approximate surface area is 94.4 Å². The van der Waals surface area contributed by atoms with Gasteiger partial charge in [0.1, 0.15) is 0 Å². The fraction of sp³-hybridized carbons (Fsp3) is 0.0909. The Hall–Kier alpha value is -1.38. The molecule has 15 heavy (non-hydrogen) atoms. The van der Waals surface area contributed by atoms with Crippen LogP contribution in [0.25, 0.3) is 12.2 Å². The van der Waals surface area contributed by atoms with E-state index in [4.69, 9.17) is 4.74 Å². The molecule has 1 heterocycles. The molecule has 0 unspecified atom stereocenters. The van der Waals surface area contributed by atoms with E-state index in [0.717, 1.165) is 17.0 Å². The van der Waals surface area contributed by atoms with Crippen molar-refractivity contribution in [1.82, 2.24) is 9.19 Å². The average molecular weight is 265 g/mol. The predicted octanol–water partition coefficient (Wildman–Crippen LogP) is 1.71. The Morgan fingerprint density at radius 2 is 2.00 bits per heavy atom. The molecule has 0 aliphatic heterocycles. The molecule has 0 spiro atoms. The minimum atomic E-state index is 0.208. The van der Waals surface area contributed by atoms with Gasteiger partial charge in [0.05, 0.1) is 0 Å². The van der Waals surface area contributed by atoms with Gasteiger partial charge in [-0.2, -0.15) is 0 Å². The van der Waals surface area contributed by atoms with Crippen LogP contribution in [0.2, 0.25) is 0 Å². The maximum absolute atomic E-state index is 5.08. The number of hydrogen-bond acceptors (Lipinski definition) is 3. The molecule has 0 aliphatic carbocycles. The molecule has 0 atom stereocenters. The first-order valence-electron chi connectivity index (χ1n) is 4.47. The molecule has 0 fully saturated rings. The molecule has 1 aromatic heterocycles. The quantitative estimate of drug-likeness (QED) is 0.792. The van der Waals surface area contributed by atoms with E-state index in [-0.39, 0.29) is 14.7 Å². The molecular weight excluding hydrogens is 255 g/mol. The van der Waals surface area contributed by atoms with Crippen molar-refractivity contribution in [2.24, 2.45) is 0 Å². The van der Waals surface area contributed by atoms with Gasteiger partial charge in [0.25, 0.3) is 0 Å². The number of nitrogens with zero attached hydrogens (tertiary/aromatic N) is 2. The van der Waals surface area contributed by atoms with Crippen LogP contribution in [0.5, 0.6) is 5.75 Å². The van der Waals surface area contributed by atoms with Crippen LogP contribution in [0, 0.1) is 0 Å². The Morgan fingerprint density at radius 1 is 1.20 bits per heavy atom. The van der Waals surface area contributed by atoms with E-state index in [1.54, 1.807) is 7.11 Å². The molecular formula is C11H10N2OSe. The molecule has 0 aliphatic rings. The van der Waals surface area contributed by atoms with Crippen molar-refractivity contribution >= 4 is 26.9 Å². The first-order valence-corrected chi connectivity index (χ1v) is 6.23. The van der Waals surface area contributed by atoms with Crippen molar-refractivity contribution in [1.29, 1.82) is 0 Å². The summed E-state index contributed by atoms with van der Waals surface area (Å²) < 4.78 is 9.01. The van der Waals surface area contributed by atoms with Crippen LogP contribution in [-0.4, -0.2) is 31.0 Å². The molecule has 0 bridgehead atoms. The van der Waals surface area contributed by atoms with E-state index in [0.29, 0.717) is 0 Å². The van der Waals surface area contributed by atoms with Crippen molar-refractivity contribution < 1.29 is 4.74 Å². The summed E-state index contributed by atoms with van der Waals surface area (Å²) in [4.78, 5) is 2.05. The van der Waals surface area contributed by atoms with E-state index in [1.165, 1.54) is 0 Å². The number of ether oxygens (including phenoxy) is 1. The molecule has 3 nitrogen and oxygen atoms in total. The van der Waals surface area contributed by atoms with Crippen LogP contribution in [0.3, 0.4) is 0 Å². The van der Waals surface area contributed by atoms with Gasteiger partial charge in [-0.25, -0.2) is 0 Å². The number of benzene rings is 1. The van der Waals surface area contributed by atoms with Gasteiger partial charge in [-0.1, -0.05) is 0 Å². The predicted molar refractivity (Wildman–Crippen MR) is 60.9 cm³/mol. The zero-order valence-electron chi connectivity index (χ0n) is 8.25. The Kier molecular flexibility index (Phi) is 3.32. The van der Waals surface area contributed by atoms with Crippen LogP contribution < -0.4 is 4.74 Å². The number of methoxy groups -OCH3 is 1. The van der Waals surface area contributed by atoms with E-state index >= 15 is 0 Å². The SMILES string of the molecule is COc1ccc(/C=C/c2c[se]nn2)cc1. The topological polar surface area (TPSA) is 35.0 Å². The molecule has 4 heteroatoms. The van der Waals surface area contributed by atoms with Gasteiger partial charge >= 0.3 is 94.1 Å². The van der Waals surface area contributed by atoms with Crippen LogP contribution in [-0.2, 0) is 0 Å². The minimum absolute atomic E-state index is 0.208. The second-order valence-electron chi connectivity index (χ2n) is 2.94. The summed E-state index contributed by atoms with van der Waals surface area (Å²) in [6.07, 6.45) is 3.99. The zero-order valence-corrected chi connectivity index (χ0v) is 9.97. The van der Waals surface area contributed by atoms with Gasteiger partial charge in [0, 0.05) is 0 Å². The zero-order chi connectivity index (χ0) is 10.5. The van der Waals surface area contributed by atoms with Crippen LogP contribution in [0.15, 0.2) is 29.2 Å². The average Bonchev–Trinajstić information content (AvgIpc) is 2.80. The Balaban J connectivity index is 2.11. The summed E-state index contributed by atoms with van der Waals surface area (Å²) in [5.41, 5.74) is 2.08. The van der Waals surface area contributed by atoms with Crippen molar-refractivity contribution in [2.75, 3.05) is 7.11 Å². The van der Waals surface area contributed by atoms with Gasteiger partial charge in [0.2, 0.25) is 0 Å². The summed E-state index contributed by atoms with van der Waals surface area (Å²) >= 11 is 0.208. The van der Waals surface area contributed by atoms with Crippen molar-refractivity contribution in [3.63, 3.8) is 0 Å². The van der Waals surface area contributed by atoms with E-state index in [9.17, 15) is 0 Å². The standard InChI is InChI=1S/C11H10N2OSe/c1-14-11-6-3-9(4-7-11)2-5-10-8-15-13-12-10/h2-8H,1H3/b5-2+. The molecule has 1 aromatic carbocycles. The van der Waals surface area contributed by atoms with Crippen LogP contribution in [0.4, 0.5) is 0 Å². The van der Waals surface area contributed by atoms with Crippen molar-refractivity contribution in [3.8, 4) is 5.75 Å².